The average molecular weight is 397 g/mol. The van der Waals surface area contributed by atoms with Gasteiger partial charge in [0.05, 0.1) is 16.6 Å². The van der Waals surface area contributed by atoms with Crippen molar-refractivity contribution in [2.75, 3.05) is 37.6 Å². The number of esters is 1. The number of hydrogen-bond donors (Lipinski definition) is 1. The van der Waals surface area contributed by atoms with Crippen LogP contribution in [0.3, 0.4) is 0 Å². The van der Waals surface area contributed by atoms with Crippen LogP contribution < -0.4 is 4.90 Å². The Morgan fingerprint density at radius 1 is 1.17 bits per heavy atom. The maximum absolute atomic E-state index is 12.5. The van der Waals surface area contributed by atoms with Crippen LogP contribution in [0.15, 0.2) is 18.2 Å². The van der Waals surface area contributed by atoms with Crippen LogP contribution in [-0.2, 0) is 9.53 Å². The molecule has 6 nitrogen and oxygen atoms in total. The van der Waals surface area contributed by atoms with Crippen molar-refractivity contribution in [3.8, 4) is 0 Å². The molecule has 1 atom stereocenters. The summed E-state index contributed by atoms with van der Waals surface area (Å²) in [4.78, 5) is 25.5. The van der Waals surface area contributed by atoms with Gasteiger partial charge in [0.1, 0.15) is 17.4 Å². The van der Waals surface area contributed by atoms with E-state index in [1.807, 2.05) is 6.92 Å². The lowest BCUT2D eigenvalue weighted by atomic mass is 9.72. The minimum absolute atomic E-state index is 0.0920. The Bertz CT molecular complexity index is 878. The summed E-state index contributed by atoms with van der Waals surface area (Å²) in [6.07, 6.45) is 7.78. The SMILES string of the molecule is Cc1nc2c(N3CCN(CC[C@H]4CC5(CCCCC5)C(=O)O4)CC3)cccc2[nH]1. The van der Waals surface area contributed by atoms with Crippen LogP contribution >= 0.6 is 0 Å². The second-order valence-corrected chi connectivity index (χ2v) is 9.19. The van der Waals surface area contributed by atoms with Gasteiger partial charge in [-0.2, -0.15) is 0 Å². The van der Waals surface area contributed by atoms with E-state index in [-0.39, 0.29) is 17.5 Å². The molecular formula is C23H32N4O2. The van der Waals surface area contributed by atoms with Crippen LogP contribution in [0.25, 0.3) is 11.0 Å². The highest BCUT2D eigenvalue weighted by atomic mass is 16.6. The minimum Gasteiger partial charge on any atom is -0.462 e. The lowest BCUT2D eigenvalue weighted by Crippen LogP contribution is -2.47. The van der Waals surface area contributed by atoms with Gasteiger partial charge >= 0.3 is 5.97 Å². The second-order valence-electron chi connectivity index (χ2n) is 9.19. The highest BCUT2D eigenvalue weighted by molar-refractivity contribution is 5.89. The molecule has 3 aliphatic rings. The molecule has 3 fully saturated rings. The molecule has 5 rings (SSSR count). The number of carbonyl (C=O) groups is 1. The predicted octanol–water partition coefficient (Wildman–Crippen LogP) is 3.65. The number of imidazole rings is 1. The Hall–Kier alpha value is -2.08. The number of aryl methyl sites for hydroxylation is 1. The van der Waals surface area contributed by atoms with Gasteiger partial charge in [0.25, 0.3) is 0 Å². The number of fused-ring (bicyclic) bond motifs is 1. The van der Waals surface area contributed by atoms with Gasteiger partial charge in [0, 0.05) is 39.1 Å². The highest BCUT2D eigenvalue weighted by Crippen LogP contribution is 2.46. The molecule has 2 saturated heterocycles. The topological polar surface area (TPSA) is 61.5 Å². The number of ether oxygens (including phenoxy) is 1. The molecule has 156 valence electrons. The lowest BCUT2D eigenvalue weighted by molar-refractivity contribution is -0.150. The first-order valence-electron chi connectivity index (χ1n) is 11.3. The molecule has 0 bridgehead atoms. The van der Waals surface area contributed by atoms with E-state index in [0.29, 0.717) is 0 Å². The average Bonchev–Trinajstić information content (AvgIpc) is 3.26. The van der Waals surface area contributed by atoms with Gasteiger partial charge in [-0.1, -0.05) is 25.3 Å². The molecule has 1 saturated carbocycles. The quantitative estimate of drug-likeness (QED) is 0.800. The number of rotatable bonds is 4. The third-order valence-corrected chi connectivity index (χ3v) is 7.23. The molecule has 0 unspecified atom stereocenters. The summed E-state index contributed by atoms with van der Waals surface area (Å²) in [7, 11) is 0. The predicted molar refractivity (Wildman–Crippen MR) is 114 cm³/mol. The maximum Gasteiger partial charge on any atom is 0.312 e. The maximum atomic E-state index is 12.5. The fraction of sp³-hybridized carbons (Fsp3) is 0.652. The van der Waals surface area contributed by atoms with E-state index in [1.54, 1.807) is 0 Å². The van der Waals surface area contributed by atoms with Gasteiger partial charge in [-0.05, 0) is 38.3 Å². The summed E-state index contributed by atoms with van der Waals surface area (Å²) >= 11 is 0. The normalized spacial score (nSPS) is 25.1. The number of benzene rings is 1. The van der Waals surface area contributed by atoms with E-state index in [2.05, 4.69) is 38.0 Å². The van der Waals surface area contributed by atoms with Gasteiger partial charge in [0.2, 0.25) is 0 Å². The number of nitrogens with one attached hydrogen (secondary N) is 1. The lowest BCUT2D eigenvalue weighted by Gasteiger charge is -2.36. The molecule has 1 spiro atoms. The minimum atomic E-state index is -0.137. The molecule has 0 radical (unpaired) electrons. The third kappa shape index (κ3) is 3.63. The zero-order valence-corrected chi connectivity index (χ0v) is 17.5. The van der Waals surface area contributed by atoms with E-state index in [1.165, 1.54) is 24.9 Å². The Morgan fingerprint density at radius 2 is 1.97 bits per heavy atom. The zero-order chi connectivity index (χ0) is 19.8. The van der Waals surface area contributed by atoms with Crippen molar-refractivity contribution in [3.63, 3.8) is 0 Å². The molecule has 0 amide bonds. The van der Waals surface area contributed by atoms with Crippen LogP contribution in [0, 0.1) is 12.3 Å². The largest absolute Gasteiger partial charge is 0.462 e. The molecule has 2 aromatic rings. The molecule has 6 heteroatoms. The molecule has 1 aliphatic carbocycles. The Labute approximate surface area is 172 Å². The van der Waals surface area contributed by atoms with Gasteiger partial charge < -0.3 is 14.6 Å². The van der Waals surface area contributed by atoms with Gasteiger partial charge in [-0.25, -0.2) is 4.98 Å². The number of anilines is 1. The summed E-state index contributed by atoms with van der Waals surface area (Å²) in [5.41, 5.74) is 3.29. The fourth-order valence-corrected chi connectivity index (χ4v) is 5.57. The Balaban J connectivity index is 1.14. The van der Waals surface area contributed by atoms with Crippen molar-refractivity contribution >= 4 is 22.7 Å². The Kier molecular flexibility index (Phi) is 4.98. The highest BCUT2D eigenvalue weighted by Gasteiger charge is 2.48. The number of piperazine rings is 1. The number of cyclic esters (lactones) is 1. The van der Waals surface area contributed by atoms with Crippen molar-refractivity contribution in [2.24, 2.45) is 5.41 Å². The number of carbonyl (C=O) groups excluding carboxylic acids is 1. The number of aromatic nitrogens is 2. The van der Waals surface area contributed by atoms with Gasteiger partial charge in [-0.3, -0.25) is 9.69 Å². The van der Waals surface area contributed by atoms with Crippen molar-refractivity contribution in [1.29, 1.82) is 0 Å². The summed E-state index contributed by atoms with van der Waals surface area (Å²) in [5, 5.41) is 0. The van der Waals surface area contributed by atoms with E-state index >= 15 is 0 Å². The fourth-order valence-electron chi connectivity index (χ4n) is 5.57. The van der Waals surface area contributed by atoms with Gasteiger partial charge in [0.15, 0.2) is 0 Å². The van der Waals surface area contributed by atoms with Crippen LogP contribution in [0.5, 0.6) is 0 Å². The smallest absolute Gasteiger partial charge is 0.312 e. The molecular weight excluding hydrogens is 364 g/mol. The van der Waals surface area contributed by atoms with Crippen LogP contribution in [0.2, 0.25) is 0 Å². The Morgan fingerprint density at radius 3 is 2.76 bits per heavy atom. The number of H-pyrrole nitrogens is 1. The van der Waals surface area contributed by atoms with Crippen molar-refractivity contribution in [2.45, 2.75) is 58.0 Å². The van der Waals surface area contributed by atoms with Crippen molar-refractivity contribution in [1.82, 2.24) is 14.9 Å². The molecule has 3 heterocycles. The van der Waals surface area contributed by atoms with E-state index in [4.69, 9.17) is 4.74 Å². The van der Waals surface area contributed by atoms with Crippen molar-refractivity contribution in [3.05, 3.63) is 24.0 Å². The summed E-state index contributed by atoms with van der Waals surface area (Å²) < 4.78 is 5.80. The van der Waals surface area contributed by atoms with Crippen molar-refractivity contribution < 1.29 is 9.53 Å². The van der Waals surface area contributed by atoms with E-state index < -0.39 is 0 Å². The summed E-state index contributed by atoms with van der Waals surface area (Å²) in [6, 6.07) is 6.38. The number of para-hydroxylation sites is 1. The first-order chi connectivity index (χ1) is 14.1. The van der Waals surface area contributed by atoms with Crippen LogP contribution in [0.4, 0.5) is 5.69 Å². The van der Waals surface area contributed by atoms with Crippen LogP contribution in [0.1, 0.15) is 50.8 Å². The first kappa shape index (κ1) is 18.9. The molecule has 29 heavy (non-hydrogen) atoms. The molecule has 1 aromatic heterocycles. The zero-order valence-electron chi connectivity index (χ0n) is 17.5. The third-order valence-electron chi connectivity index (χ3n) is 7.23. The van der Waals surface area contributed by atoms with E-state index in [0.717, 1.165) is 75.3 Å². The molecule has 1 N–H and O–H groups in total. The number of hydrogen-bond acceptors (Lipinski definition) is 5. The first-order valence-corrected chi connectivity index (χ1v) is 11.3. The van der Waals surface area contributed by atoms with Gasteiger partial charge in [-0.15, -0.1) is 0 Å². The number of aromatic amines is 1. The second kappa shape index (κ2) is 7.63. The molecule has 1 aromatic carbocycles. The molecule has 2 aliphatic heterocycles. The monoisotopic (exact) mass is 396 g/mol. The number of nitrogens with zero attached hydrogens (tertiary/aromatic N) is 3. The summed E-state index contributed by atoms with van der Waals surface area (Å²) in [5.74, 6) is 1.06. The standard InChI is InChI=1S/C23H32N4O2/c1-17-24-19-6-5-7-20(21(19)25-17)27-14-12-26(13-15-27)11-8-18-16-23(22(28)29-18)9-3-2-4-10-23/h5-7,18H,2-4,8-16H2,1H3,(H,24,25)/t18-/m0/s1. The van der Waals surface area contributed by atoms with E-state index in [9.17, 15) is 4.79 Å². The van der Waals surface area contributed by atoms with Crippen LogP contribution in [-0.4, -0.2) is 59.7 Å². The summed E-state index contributed by atoms with van der Waals surface area (Å²) in [6.45, 7) is 7.15.